The summed E-state index contributed by atoms with van der Waals surface area (Å²) in [7, 11) is 2.07. The summed E-state index contributed by atoms with van der Waals surface area (Å²) in [6.07, 6.45) is 14.3. The Hall–Kier alpha value is -0.480. The van der Waals surface area contributed by atoms with Crippen molar-refractivity contribution in [2.24, 2.45) is 5.92 Å². The number of hydrogen-bond donors (Lipinski definition) is 1. The van der Waals surface area contributed by atoms with Crippen molar-refractivity contribution in [2.45, 2.75) is 51.0 Å². The Morgan fingerprint density at radius 2 is 2.31 bits per heavy atom. The monoisotopic (exact) mass is 179 g/mol. The summed E-state index contributed by atoms with van der Waals surface area (Å²) in [5.41, 5.74) is 0. The molecule has 0 amide bonds. The summed E-state index contributed by atoms with van der Waals surface area (Å²) in [6.45, 7) is 0. The predicted molar refractivity (Wildman–Crippen MR) is 57.5 cm³/mol. The van der Waals surface area contributed by atoms with Crippen LogP contribution in [0.4, 0.5) is 0 Å². The number of hydrogen-bond acceptors (Lipinski definition) is 1. The zero-order valence-electron chi connectivity index (χ0n) is 8.68. The van der Waals surface area contributed by atoms with E-state index in [9.17, 15) is 0 Å². The van der Waals surface area contributed by atoms with E-state index in [0.29, 0.717) is 6.04 Å². The molecule has 0 spiro atoms. The molecule has 1 aliphatic rings. The van der Waals surface area contributed by atoms with E-state index in [-0.39, 0.29) is 0 Å². The van der Waals surface area contributed by atoms with E-state index in [0.717, 1.165) is 12.3 Å². The SMILES string of the molecule is C#CCCCC(CC1CCC1)NC. The topological polar surface area (TPSA) is 12.0 Å². The molecule has 0 bridgehead atoms. The Morgan fingerprint density at radius 1 is 1.54 bits per heavy atom. The Kier molecular flexibility index (Phi) is 4.93. The molecule has 0 saturated heterocycles. The first-order valence-corrected chi connectivity index (χ1v) is 5.47. The first-order chi connectivity index (χ1) is 6.36. The Labute approximate surface area is 82.3 Å². The molecular formula is C12H21N. The van der Waals surface area contributed by atoms with Gasteiger partial charge in [0, 0.05) is 12.5 Å². The van der Waals surface area contributed by atoms with Gasteiger partial charge < -0.3 is 5.32 Å². The predicted octanol–water partition coefficient (Wildman–Crippen LogP) is 2.57. The highest BCUT2D eigenvalue weighted by Crippen LogP contribution is 2.31. The van der Waals surface area contributed by atoms with Crippen molar-refractivity contribution < 1.29 is 0 Å². The lowest BCUT2D eigenvalue weighted by Crippen LogP contribution is -2.29. The highest BCUT2D eigenvalue weighted by Gasteiger charge is 2.20. The first-order valence-electron chi connectivity index (χ1n) is 5.47. The van der Waals surface area contributed by atoms with Gasteiger partial charge in [-0.25, -0.2) is 0 Å². The number of rotatable bonds is 6. The molecule has 0 aromatic carbocycles. The second-order valence-electron chi connectivity index (χ2n) is 4.11. The molecule has 0 radical (unpaired) electrons. The van der Waals surface area contributed by atoms with Crippen molar-refractivity contribution in [2.75, 3.05) is 7.05 Å². The van der Waals surface area contributed by atoms with Crippen LogP contribution in [-0.4, -0.2) is 13.1 Å². The molecule has 0 aliphatic heterocycles. The highest BCUT2D eigenvalue weighted by atomic mass is 14.9. The van der Waals surface area contributed by atoms with Gasteiger partial charge in [0.05, 0.1) is 0 Å². The molecule has 0 aromatic rings. The van der Waals surface area contributed by atoms with Crippen molar-refractivity contribution in [3.63, 3.8) is 0 Å². The lowest BCUT2D eigenvalue weighted by molar-refractivity contribution is 0.258. The molecular weight excluding hydrogens is 158 g/mol. The molecule has 1 rings (SSSR count). The first kappa shape index (κ1) is 10.6. The van der Waals surface area contributed by atoms with Crippen molar-refractivity contribution in [3.8, 4) is 12.3 Å². The fraction of sp³-hybridized carbons (Fsp3) is 0.833. The lowest BCUT2D eigenvalue weighted by Gasteiger charge is -2.29. The molecule has 1 atom stereocenters. The maximum atomic E-state index is 5.22. The van der Waals surface area contributed by atoms with Crippen molar-refractivity contribution in [1.82, 2.24) is 5.32 Å². The third-order valence-electron chi connectivity index (χ3n) is 3.12. The van der Waals surface area contributed by atoms with E-state index in [4.69, 9.17) is 6.42 Å². The standard InChI is InChI=1S/C12H21N/c1-3-4-5-9-12(13-2)10-11-7-6-8-11/h1,11-13H,4-10H2,2H3. The fourth-order valence-electron chi connectivity index (χ4n) is 1.96. The third-order valence-corrected chi connectivity index (χ3v) is 3.12. The third kappa shape index (κ3) is 3.83. The molecule has 13 heavy (non-hydrogen) atoms. The van der Waals surface area contributed by atoms with Gasteiger partial charge in [0.1, 0.15) is 0 Å². The summed E-state index contributed by atoms with van der Waals surface area (Å²) >= 11 is 0. The van der Waals surface area contributed by atoms with Crippen LogP contribution < -0.4 is 5.32 Å². The molecule has 74 valence electrons. The maximum absolute atomic E-state index is 5.22. The molecule has 1 unspecified atom stereocenters. The van der Waals surface area contributed by atoms with Crippen molar-refractivity contribution in [3.05, 3.63) is 0 Å². The molecule has 1 saturated carbocycles. The maximum Gasteiger partial charge on any atom is 0.00866 e. The molecule has 1 aliphatic carbocycles. The number of nitrogens with one attached hydrogen (secondary N) is 1. The minimum absolute atomic E-state index is 0.707. The van der Waals surface area contributed by atoms with E-state index < -0.39 is 0 Å². The van der Waals surface area contributed by atoms with Crippen LogP contribution in [0.3, 0.4) is 0 Å². The van der Waals surface area contributed by atoms with Gasteiger partial charge in [-0.15, -0.1) is 12.3 Å². The quantitative estimate of drug-likeness (QED) is 0.488. The zero-order chi connectivity index (χ0) is 9.52. The van der Waals surface area contributed by atoms with Gasteiger partial charge in [-0.2, -0.15) is 0 Å². The second-order valence-corrected chi connectivity index (χ2v) is 4.11. The Bertz CT molecular complexity index is 164. The van der Waals surface area contributed by atoms with Gasteiger partial charge >= 0.3 is 0 Å². The molecule has 0 heterocycles. The average Bonchev–Trinajstić information content (AvgIpc) is 2.08. The van der Waals surface area contributed by atoms with Gasteiger partial charge in [0.25, 0.3) is 0 Å². The van der Waals surface area contributed by atoms with E-state index >= 15 is 0 Å². The minimum atomic E-state index is 0.707. The molecule has 1 N–H and O–H groups in total. The smallest absolute Gasteiger partial charge is 0.00866 e. The molecule has 1 nitrogen and oxygen atoms in total. The Morgan fingerprint density at radius 3 is 2.77 bits per heavy atom. The van der Waals surface area contributed by atoms with Gasteiger partial charge in [-0.3, -0.25) is 0 Å². The van der Waals surface area contributed by atoms with Crippen LogP contribution in [0.2, 0.25) is 0 Å². The van der Waals surface area contributed by atoms with Gasteiger partial charge in [0.15, 0.2) is 0 Å². The summed E-state index contributed by atoms with van der Waals surface area (Å²) < 4.78 is 0. The normalized spacial score (nSPS) is 19.1. The van der Waals surface area contributed by atoms with E-state index in [1.165, 1.54) is 38.5 Å². The van der Waals surface area contributed by atoms with E-state index in [2.05, 4.69) is 18.3 Å². The second kappa shape index (κ2) is 6.05. The highest BCUT2D eigenvalue weighted by molar-refractivity contribution is 4.84. The van der Waals surface area contributed by atoms with Crippen LogP contribution in [-0.2, 0) is 0 Å². The Balaban J connectivity index is 2.07. The average molecular weight is 179 g/mol. The van der Waals surface area contributed by atoms with Crippen LogP contribution >= 0.6 is 0 Å². The largest absolute Gasteiger partial charge is 0.317 e. The summed E-state index contributed by atoms with van der Waals surface area (Å²) in [4.78, 5) is 0. The van der Waals surface area contributed by atoms with Gasteiger partial charge in [-0.1, -0.05) is 19.3 Å². The number of terminal acetylenes is 1. The molecule has 1 fully saturated rings. The van der Waals surface area contributed by atoms with Crippen molar-refractivity contribution in [1.29, 1.82) is 0 Å². The summed E-state index contributed by atoms with van der Waals surface area (Å²) in [5.74, 6) is 3.70. The van der Waals surface area contributed by atoms with E-state index in [1.54, 1.807) is 0 Å². The molecule has 0 aromatic heterocycles. The van der Waals surface area contributed by atoms with Gasteiger partial charge in [-0.05, 0) is 32.2 Å². The van der Waals surface area contributed by atoms with Crippen LogP contribution in [0.5, 0.6) is 0 Å². The van der Waals surface area contributed by atoms with Crippen LogP contribution in [0.25, 0.3) is 0 Å². The number of unbranched alkanes of at least 4 members (excludes halogenated alkanes) is 1. The fourth-order valence-corrected chi connectivity index (χ4v) is 1.96. The lowest BCUT2D eigenvalue weighted by atomic mass is 9.80. The molecule has 1 heteroatoms. The zero-order valence-corrected chi connectivity index (χ0v) is 8.68. The van der Waals surface area contributed by atoms with Gasteiger partial charge in [0.2, 0.25) is 0 Å². The summed E-state index contributed by atoms with van der Waals surface area (Å²) in [5, 5.41) is 3.39. The van der Waals surface area contributed by atoms with Crippen LogP contribution in [0, 0.1) is 18.3 Å². The summed E-state index contributed by atoms with van der Waals surface area (Å²) in [6, 6.07) is 0.707. The van der Waals surface area contributed by atoms with E-state index in [1.807, 2.05) is 0 Å². The minimum Gasteiger partial charge on any atom is -0.317 e. The van der Waals surface area contributed by atoms with Crippen molar-refractivity contribution >= 4 is 0 Å². The van der Waals surface area contributed by atoms with Crippen LogP contribution in [0.1, 0.15) is 44.9 Å². The van der Waals surface area contributed by atoms with Crippen LogP contribution in [0.15, 0.2) is 0 Å².